The Kier molecular flexibility index (Phi) is 4.49. The Labute approximate surface area is 203 Å². The van der Waals surface area contributed by atoms with E-state index in [1.54, 1.807) is 0 Å². The topological polar surface area (TPSA) is 38.7 Å². The molecule has 1 atom stereocenters. The summed E-state index contributed by atoms with van der Waals surface area (Å²) in [5.74, 6) is 2.59. The summed E-state index contributed by atoms with van der Waals surface area (Å²) in [4.78, 5) is 14.9. The van der Waals surface area contributed by atoms with E-state index >= 15 is 0 Å². The molecule has 0 spiro atoms. The van der Waals surface area contributed by atoms with Gasteiger partial charge in [-0.3, -0.25) is 0 Å². The van der Waals surface area contributed by atoms with Crippen LogP contribution in [0.3, 0.4) is 0 Å². The van der Waals surface area contributed by atoms with Gasteiger partial charge in [-0.1, -0.05) is 104 Å². The molecular formula is C32H23N3. The van der Waals surface area contributed by atoms with Crippen molar-refractivity contribution >= 4 is 37.9 Å². The van der Waals surface area contributed by atoms with Gasteiger partial charge >= 0.3 is 0 Å². The van der Waals surface area contributed by atoms with Crippen LogP contribution < -0.4 is 0 Å². The molecule has 0 bridgehead atoms. The Morgan fingerprint density at radius 2 is 1.31 bits per heavy atom. The number of benzene rings is 5. The van der Waals surface area contributed by atoms with Crippen molar-refractivity contribution in [2.45, 2.75) is 13.3 Å². The molecule has 1 aliphatic rings. The summed E-state index contributed by atoms with van der Waals surface area (Å²) in [7, 11) is 0. The van der Waals surface area contributed by atoms with E-state index < -0.39 is 0 Å². The summed E-state index contributed by atoms with van der Waals surface area (Å²) in [6.07, 6.45) is 7.65. The number of rotatable bonds is 3. The van der Waals surface area contributed by atoms with Gasteiger partial charge in [-0.05, 0) is 50.7 Å². The van der Waals surface area contributed by atoms with Crippen molar-refractivity contribution in [1.82, 2.24) is 15.0 Å². The minimum Gasteiger partial charge on any atom is -0.208 e. The molecule has 1 unspecified atom stereocenters. The highest BCUT2D eigenvalue weighted by Gasteiger charge is 2.18. The van der Waals surface area contributed by atoms with E-state index in [-0.39, 0.29) is 0 Å². The first-order valence-electron chi connectivity index (χ1n) is 12.1. The zero-order valence-electron chi connectivity index (χ0n) is 19.4. The SMILES string of the molecule is CC1C=C(c2nc(-c3ccccc3)nc(-c3ccc4ccc5cccc6ccc3c4c56)n2)C=CC1. The molecule has 1 aliphatic carbocycles. The summed E-state index contributed by atoms with van der Waals surface area (Å²) in [6, 6.07) is 29.9. The molecule has 0 saturated heterocycles. The zero-order valence-corrected chi connectivity index (χ0v) is 19.4. The first kappa shape index (κ1) is 20.0. The maximum Gasteiger partial charge on any atom is 0.164 e. The van der Waals surface area contributed by atoms with Crippen LogP contribution in [0.4, 0.5) is 0 Å². The Bertz CT molecular complexity index is 1760. The molecule has 5 aromatic carbocycles. The lowest BCUT2D eigenvalue weighted by atomic mass is 9.92. The molecule has 1 heterocycles. The fraction of sp³-hybridized carbons (Fsp3) is 0.0938. The third-order valence-electron chi connectivity index (χ3n) is 6.96. The number of nitrogens with zero attached hydrogens (tertiary/aromatic N) is 3. The van der Waals surface area contributed by atoms with Crippen LogP contribution in [0.2, 0.25) is 0 Å². The summed E-state index contributed by atoms with van der Waals surface area (Å²) < 4.78 is 0. The summed E-state index contributed by atoms with van der Waals surface area (Å²) >= 11 is 0. The highest BCUT2D eigenvalue weighted by atomic mass is 15.0. The summed E-state index contributed by atoms with van der Waals surface area (Å²) in [5, 5.41) is 7.48. The van der Waals surface area contributed by atoms with Crippen LogP contribution in [0.25, 0.3) is 60.7 Å². The molecule has 3 heteroatoms. The van der Waals surface area contributed by atoms with E-state index in [9.17, 15) is 0 Å². The van der Waals surface area contributed by atoms with E-state index in [1.807, 2.05) is 18.2 Å². The van der Waals surface area contributed by atoms with Gasteiger partial charge in [0, 0.05) is 16.7 Å². The van der Waals surface area contributed by atoms with Crippen molar-refractivity contribution in [2.24, 2.45) is 5.92 Å². The normalized spacial score (nSPS) is 15.8. The fourth-order valence-corrected chi connectivity index (χ4v) is 5.26. The molecular weight excluding hydrogens is 426 g/mol. The van der Waals surface area contributed by atoms with E-state index in [0.717, 1.165) is 28.9 Å². The van der Waals surface area contributed by atoms with Crippen LogP contribution in [0, 0.1) is 5.92 Å². The maximum atomic E-state index is 5.03. The third kappa shape index (κ3) is 3.31. The molecule has 0 amide bonds. The molecule has 0 N–H and O–H groups in total. The number of aromatic nitrogens is 3. The molecule has 0 saturated carbocycles. The van der Waals surface area contributed by atoms with E-state index in [2.05, 4.69) is 91.9 Å². The smallest absolute Gasteiger partial charge is 0.164 e. The quantitative estimate of drug-likeness (QED) is 0.256. The van der Waals surface area contributed by atoms with Crippen LogP contribution in [-0.4, -0.2) is 15.0 Å². The van der Waals surface area contributed by atoms with E-state index in [0.29, 0.717) is 17.6 Å². The predicted octanol–water partition coefficient (Wildman–Crippen LogP) is 8.08. The molecule has 0 radical (unpaired) electrons. The fourth-order valence-electron chi connectivity index (χ4n) is 5.26. The van der Waals surface area contributed by atoms with Crippen LogP contribution in [0.5, 0.6) is 0 Å². The summed E-state index contributed by atoms with van der Waals surface area (Å²) in [5.41, 5.74) is 3.08. The number of hydrogen-bond acceptors (Lipinski definition) is 3. The second-order valence-electron chi connectivity index (χ2n) is 9.38. The molecule has 3 nitrogen and oxygen atoms in total. The van der Waals surface area contributed by atoms with Crippen molar-refractivity contribution in [3.05, 3.63) is 109 Å². The van der Waals surface area contributed by atoms with E-state index in [1.165, 1.54) is 32.3 Å². The molecule has 6 aromatic rings. The molecule has 35 heavy (non-hydrogen) atoms. The summed E-state index contributed by atoms with van der Waals surface area (Å²) in [6.45, 7) is 2.23. The second-order valence-corrected chi connectivity index (χ2v) is 9.38. The van der Waals surface area contributed by atoms with Crippen LogP contribution >= 0.6 is 0 Å². The standard InChI is InChI=1S/C32H23N3/c1-20-7-5-12-25(19-20)31-33-30(24-8-3-2-4-9-24)34-32(35-31)27-18-16-23-14-13-21-10-6-11-22-15-17-26(27)29(23)28(21)22/h2-6,8-20H,7H2,1H3. The first-order chi connectivity index (χ1) is 17.2. The predicted molar refractivity (Wildman–Crippen MR) is 145 cm³/mol. The zero-order chi connectivity index (χ0) is 23.4. The van der Waals surface area contributed by atoms with Crippen molar-refractivity contribution in [1.29, 1.82) is 0 Å². The van der Waals surface area contributed by atoms with Gasteiger partial charge in [0.2, 0.25) is 0 Å². The largest absolute Gasteiger partial charge is 0.208 e. The molecule has 0 aliphatic heterocycles. The van der Waals surface area contributed by atoms with Crippen molar-refractivity contribution in [2.75, 3.05) is 0 Å². The lowest BCUT2D eigenvalue weighted by molar-refractivity contribution is 0.738. The molecule has 7 rings (SSSR count). The lowest BCUT2D eigenvalue weighted by Crippen LogP contribution is -2.05. The maximum absolute atomic E-state index is 5.03. The van der Waals surface area contributed by atoms with Crippen LogP contribution in [0.1, 0.15) is 19.2 Å². The van der Waals surface area contributed by atoms with Gasteiger partial charge in [-0.2, -0.15) is 0 Å². The molecule has 0 fully saturated rings. The van der Waals surface area contributed by atoms with Crippen LogP contribution in [-0.2, 0) is 0 Å². The van der Waals surface area contributed by atoms with Gasteiger partial charge in [0.15, 0.2) is 17.5 Å². The van der Waals surface area contributed by atoms with Gasteiger partial charge in [0.05, 0.1) is 0 Å². The van der Waals surface area contributed by atoms with Crippen LogP contribution in [0.15, 0.2) is 103 Å². The van der Waals surface area contributed by atoms with Gasteiger partial charge in [0.1, 0.15) is 0 Å². The van der Waals surface area contributed by atoms with Gasteiger partial charge in [-0.15, -0.1) is 0 Å². The van der Waals surface area contributed by atoms with E-state index in [4.69, 9.17) is 15.0 Å². The Morgan fingerprint density at radius 3 is 2.11 bits per heavy atom. The third-order valence-corrected chi connectivity index (χ3v) is 6.96. The Hall–Kier alpha value is -4.37. The van der Waals surface area contributed by atoms with Gasteiger partial charge < -0.3 is 0 Å². The highest BCUT2D eigenvalue weighted by molar-refractivity contribution is 6.25. The highest BCUT2D eigenvalue weighted by Crippen LogP contribution is 2.39. The lowest BCUT2D eigenvalue weighted by Gasteiger charge is -2.15. The number of hydrogen-bond donors (Lipinski definition) is 0. The van der Waals surface area contributed by atoms with Gasteiger partial charge in [0.25, 0.3) is 0 Å². The van der Waals surface area contributed by atoms with Crippen molar-refractivity contribution < 1.29 is 0 Å². The monoisotopic (exact) mass is 449 g/mol. The number of allylic oxidation sites excluding steroid dienone is 4. The molecule has 1 aromatic heterocycles. The average molecular weight is 450 g/mol. The Balaban J connectivity index is 1.52. The van der Waals surface area contributed by atoms with Crippen molar-refractivity contribution in [3.8, 4) is 22.8 Å². The van der Waals surface area contributed by atoms with Crippen molar-refractivity contribution in [3.63, 3.8) is 0 Å². The first-order valence-corrected chi connectivity index (χ1v) is 12.1. The Morgan fingerprint density at radius 1 is 0.629 bits per heavy atom. The van der Waals surface area contributed by atoms with Gasteiger partial charge in [-0.25, -0.2) is 15.0 Å². The minimum atomic E-state index is 0.463. The second kappa shape index (κ2) is 7.85. The minimum absolute atomic E-state index is 0.463. The average Bonchev–Trinajstić information content (AvgIpc) is 2.92. The molecule has 166 valence electrons.